The molecular weight excluding hydrogens is 398 g/mol. The Balaban J connectivity index is 0.00000145. The van der Waals surface area contributed by atoms with Gasteiger partial charge in [0.1, 0.15) is 33.3 Å². The standard InChI is InChI=1S/C18H16F2N4O2S.C2H6/c1-9(24(2)3)10-6-12-18(22-7-10)27-14(23-12)8-26-13-5-4-11(19)15(16(13)20)17(21)25;1-2/h4-7H,1,8H2,2-3H3,(H2,21,25);1-2H3. The molecule has 0 saturated heterocycles. The Hall–Kier alpha value is -3.07. The van der Waals surface area contributed by atoms with Crippen molar-refractivity contribution >= 4 is 33.3 Å². The smallest absolute Gasteiger partial charge is 0.254 e. The monoisotopic (exact) mass is 420 g/mol. The van der Waals surface area contributed by atoms with E-state index in [-0.39, 0.29) is 12.4 Å². The maximum absolute atomic E-state index is 14.2. The number of ether oxygens (including phenoxy) is 1. The van der Waals surface area contributed by atoms with E-state index >= 15 is 0 Å². The number of nitrogens with two attached hydrogens (primary N) is 1. The van der Waals surface area contributed by atoms with Gasteiger partial charge in [0.2, 0.25) is 0 Å². The van der Waals surface area contributed by atoms with E-state index < -0.39 is 23.1 Å². The summed E-state index contributed by atoms with van der Waals surface area (Å²) < 4.78 is 33.1. The molecule has 0 saturated carbocycles. The number of fused-ring (bicyclic) bond motifs is 1. The second kappa shape index (κ2) is 9.42. The third kappa shape index (κ3) is 4.86. The summed E-state index contributed by atoms with van der Waals surface area (Å²) in [7, 11) is 3.76. The maximum atomic E-state index is 14.2. The third-order valence-electron chi connectivity index (χ3n) is 3.82. The van der Waals surface area contributed by atoms with E-state index in [0.29, 0.717) is 15.4 Å². The van der Waals surface area contributed by atoms with E-state index in [4.69, 9.17) is 10.5 Å². The number of halogens is 2. The highest BCUT2D eigenvalue weighted by Gasteiger charge is 2.19. The van der Waals surface area contributed by atoms with Gasteiger partial charge in [0.25, 0.3) is 5.91 Å². The number of primary amides is 1. The van der Waals surface area contributed by atoms with Gasteiger partial charge < -0.3 is 15.4 Å². The van der Waals surface area contributed by atoms with Gasteiger partial charge in [-0.05, 0) is 18.2 Å². The van der Waals surface area contributed by atoms with Crippen LogP contribution in [0.3, 0.4) is 0 Å². The molecule has 0 spiro atoms. The van der Waals surface area contributed by atoms with Crippen molar-refractivity contribution in [3.8, 4) is 5.75 Å². The number of pyridine rings is 1. The summed E-state index contributed by atoms with van der Waals surface area (Å²) in [5, 5.41) is 0.550. The van der Waals surface area contributed by atoms with Crippen molar-refractivity contribution in [1.82, 2.24) is 14.9 Å². The molecule has 0 bridgehead atoms. The first-order valence-electron chi connectivity index (χ1n) is 8.80. The highest BCUT2D eigenvalue weighted by molar-refractivity contribution is 7.18. The van der Waals surface area contributed by atoms with Crippen LogP contribution in [-0.4, -0.2) is 34.9 Å². The molecule has 1 amide bonds. The number of nitrogens with zero attached hydrogens (tertiary/aromatic N) is 3. The molecule has 29 heavy (non-hydrogen) atoms. The highest BCUT2D eigenvalue weighted by atomic mass is 32.1. The first-order chi connectivity index (χ1) is 13.8. The Morgan fingerprint density at radius 2 is 2.00 bits per heavy atom. The summed E-state index contributed by atoms with van der Waals surface area (Å²) in [6.45, 7) is 7.92. The minimum atomic E-state index is -1.20. The Labute approximate surface area is 171 Å². The van der Waals surface area contributed by atoms with E-state index in [2.05, 4.69) is 16.5 Å². The van der Waals surface area contributed by atoms with Gasteiger partial charge in [-0.1, -0.05) is 31.8 Å². The topological polar surface area (TPSA) is 81.3 Å². The molecule has 0 aliphatic carbocycles. The van der Waals surface area contributed by atoms with Crippen LogP contribution in [0.5, 0.6) is 5.75 Å². The summed E-state index contributed by atoms with van der Waals surface area (Å²) in [5.41, 5.74) is 6.46. The second-order valence-electron chi connectivity index (χ2n) is 5.88. The predicted octanol–water partition coefficient (Wildman–Crippen LogP) is 4.21. The van der Waals surface area contributed by atoms with E-state index in [9.17, 15) is 13.6 Å². The Morgan fingerprint density at radius 3 is 2.62 bits per heavy atom. The lowest BCUT2D eigenvalue weighted by molar-refractivity contribution is 0.0991. The zero-order valence-corrected chi connectivity index (χ0v) is 17.4. The summed E-state index contributed by atoms with van der Waals surface area (Å²) >= 11 is 1.29. The molecule has 0 aliphatic heterocycles. The van der Waals surface area contributed by atoms with Gasteiger partial charge in [-0.3, -0.25) is 4.79 Å². The molecule has 3 rings (SSSR count). The summed E-state index contributed by atoms with van der Waals surface area (Å²) in [5.74, 6) is -3.65. The fourth-order valence-electron chi connectivity index (χ4n) is 2.36. The minimum absolute atomic E-state index is 0.0637. The third-order valence-corrected chi connectivity index (χ3v) is 4.77. The summed E-state index contributed by atoms with van der Waals surface area (Å²) in [6, 6.07) is 3.88. The van der Waals surface area contributed by atoms with Crippen molar-refractivity contribution in [1.29, 1.82) is 0 Å². The van der Waals surface area contributed by atoms with Crippen LogP contribution in [0.2, 0.25) is 0 Å². The lowest BCUT2D eigenvalue weighted by atomic mass is 10.2. The summed E-state index contributed by atoms with van der Waals surface area (Å²) in [6.07, 6.45) is 1.70. The van der Waals surface area contributed by atoms with Crippen molar-refractivity contribution in [2.75, 3.05) is 14.1 Å². The van der Waals surface area contributed by atoms with Crippen LogP contribution >= 0.6 is 11.3 Å². The first-order valence-corrected chi connectivity index (χ1v) is 9.62. The molecule has 2 N–H and O–H groups in total. The normalized spacial score (nSPS) is 10.3. The SMILES string of the molecule is C=C(c1cnc2sc(COc3ccc(F)c(C(N)=O)c3F)nc2c1)N(C)C.CC. The van der Waals surface area contributed by atoms with Crippen LogP contribution in [0.4, 0.5) is 8.78 Å². The van der Waals surface area contributed by atoms with Crippen LogP contribution in [0.1, 0.15) is 34.8 Å². The number of hydrogen-bond acceptors (Lipinski definition) is 6. The molecule has 2 heterocycles. The molecule has 2 aromatic heterocycles. The van der Waals surface area contributed by atoms with Crippen molar-refractivity contribution in [2.45, 2.75) is 20.5 Å². The number of hydrogen-bond donors (Lipinski definition) is 1. The number of thiazole rings is 1. The molecule has 0 atom stereocenters. The van der Waals surface area contributed by atoms with Gasteiger partial charge in [0.15, 0.2) is 11.6 Å². The van der Waals surface area contributed by atoms with Crippen molar-refractivity contribution in [3.05, 3.63) is 58.7 Å². The van der Waals surface area contributed by atoms with E-state index in [0.717, 1.165) is 23.4 Å². The van der Waals surface area contributed by atoms with Crippen LogP contribution in [-0.2, 0) is 6.61 Å². The Kier molecular flexibility index (Phi) is 7.22. The predicted molar refractivity (Wildman–Crippen MR) is 111 cm³/mol. The minimum Gasteiger partial charge on any atom is -0.483 e. The van der Waals surface area contributed by atoms with Crippen LogP contribution in [0.15, 0.2) is 31.0 Å². The molecular formula is C20H22F2N4O2S. The van der Waals surface area contributed by atoms with Crippen LogP contribution in [0.25, 0.3) is 16.0 Å². The molecule has 0 fully saturated rings. The maximum Gasteiger partial charge on any atom is 0.254 e. The molecule has 1 aromatic carbocycles. The van der Waals surface area contributed by atoms with Crippen molar-refractivity contribution in [3.63, 3.8) is 0 Å². The lowest BCUT2D eigenvalue weighted by Gasteiger charge is -2.14. The quantitative estimate of drug-likeness (QED) is 0.646. The Bertz CT molecular complexity index is 1050. The molecule has 0 unspecified atom stereocenters. The molecule has 6 nitrogen and oxygen atoms in total. The first kappa shape index (κ1) is 22.2. The molecule has 9 heteroatoms. The van der Waals surface area contributed by atoms with Crippen LogP contribution in [0, 0.1) is 11.6 Å². The number of rotatable bonds is 6. The van der Waals surface area contributed by atoms with Gasteiger partial charge >= 0.3 is 0 Å². The van der Waals surface area contributed by atoms with Gasteiger partial charge in [-0.2, -0.15) is 0 Å². The van der Waals surface area contributed by atoms with Gasteiger partial charge in [-0.25, -0.2) is 18.7 Å². The number of aromatic nitrogens is 2. The number of benzene rings is 1. The van der Waals surface area contributed by atoms with Crippen molar-refractivity contribution in [2.24, 2.45) is 5.73 Å². The fraction of sp³-hybridized carbons (Fsp3) is 0.250. The van der Waals surface area contributed by atoms with Gasteiger partial charge in [0, 0.05) is 31.6 Å². The molecule has 0 radical (unpaired) electrons. The molecule has 3 aromatic rings. The van der Waals surface area contributed by atoms with E-state index in [1.54, 1.807) is 6.20 Å². The molecule has 154 valence electrons. The fourth-order valence-corrected chi connectivity index (χ4v) is 3.16. The van der Waals surface area contributed by atoms with Gasteiger partial charge in [0.05, 0.1) is 0 Å². The number of carbonyl (C=O) groups excluding carboxylic acids is 1. The number of carbonyl (C=O) groups is 1. The largest absolute Gasteiger partial charge is 0.483 e. The average Bonchev–Trinajstić information content (AvgIpc) is 3.10. The van der Waals surface area contributed by atoms with Gasteiger partial charge in [-0.15, -0.1) is 0 Å². The second-order valence-corrected chi connectivity index (χ2v) is 6.95. The highest BCUT2D eigenvalue weighted by Crippen LogP contribution is 2.27. The van der Waals surface area contributed by atoms with E-state index in [1.807, 2.05) is 38.9 Å². The van der Waals surface area contributed by atoms with Crippen LogP contribution < -0.4 is 10.5 Å². The number of amides is 1. The zero-order valence-electron chi connectivity index (χ0n) is 16.6. The molecule has 0 aliphatic rings. The van der Waals surface area contributed by atoms with E-state index in [1.165, 1.54) is 11.3 Å². The Morgan fingerprint density at radius 1 is 1.31 bits per heavy atom. The van der Waals surface area contributed by atoms with Crippen molar-refractivity contribution < 1.29 is 18.3 Å². The zero-order chi connectivity index (χ0) is 21.7. The average molecular weight is 420 g/mol. The lowest BCUT2D eigenvalue weighted by Crippen LogP contribution is -2.16. The summed E-state index contributed by atoms with van der Waals surface area (Å²) in [4.78, 5) is 22.5.